The molecule has 5 heteroatoms. The molecule has 258 valence electrons. The number of fused-ring (bicyclic) bond motifs is 4. The molecule has 1 fully saturated rings. The average molecular weight is 665 g/mol. The summed E-state index contributed by atoms with van der Waals surface area (Å²) in [7, 11) is 0. The van der Waals surface area contributed by atoms with E-state index in [1.165, 1.54) is 38.5 Å². The third kappa shape index (κ3) is 6.34. The molecule has 3 aliphatic rings. The van der Waals surface area contributed by atoms with E-state index < -0.39 is 29.8 Å². The fraction of sp³-hybridized carbons (Fsp3) is 0.356. The van der Waals surface area contributed by atoms with Gasteiger partial charge in [0.25, 0.3) is 0 Å². The van der Waals surface area contributed by atoms with Crippen molar-refractivity contribution in [2.75, 3.05) is 22.9 Å². The number of hydrogen-bond donors (Lipinski definition) is 0. The van der Waals surface area contributed by atoms with Gasteiger partial charge in [-0.25, -0.2) is 0 Å². The van der Waals surface area contributed by atoms with Crippen LogP contribution in [0.3, 0.4) is 0 Å². The van der Waals surface area contributed by atoms with Crippen molar-refractivity contribution in [2.45, 2.75) is 77.4 Å². The molecule has 7 rings (SSSR count). The Morgan fingerprint density at radius 1 is 0.540 bits per heavy atom. The highest BCUT2D eigenvalue weighted by molar-refractivity contribution is 6.01. The highest BCUT2D eigenvalue weighted by Gasteiger charge is 2.39. The van der Waals surface area contributed by atoms with E-state index in [1.54, 1.807) is 0 Å². The monoisotopic (exact) mass is 664 g/mol. The van der Waals surface area contributed by atoms with E-state index in [2.05, 4.69) is 72.2 Å². The molecular weight excluding hydrogens is 617 g/mol. The Hall–Kier alpha value is -4.45. The first kappa shape index (κ1) is 34.0. The first-order chi connectivity index (χ1) is 24.5. The number of Topliss-reactive ketones (excluding diaryl/α,β-unsaturated/α-hetero) is 1. The number of ketones is 1. The zero-order valence-corrected chi connectivity index (χ0v) is 29.4. The molecule has 0 aromatic heterocycles. The fourth-order valence-electron chi connectivity index (χ4n) is 8.22. The quantitative estimate of drug-likeness (QED) is 0.142. The van der Waals surface area contributed by atoms with Crippen LogP contribution in [0, 0.1) is 11.8 Å². The maximum absolute atomic E-state index is 14.4. The summed E-state index contributed by atoms with van der Waals surface area (Å²) in [6.45, 7) is 6.23. The Kier molecular flexibility index (Phi) is 10.3. The van der Waals surface area contributed by atoms with Crippen LogP contribution in [0.25, 0.3) is 11.1 Å². The van der Waals surface area contributed by atoms with Gasteiger partial charge in [-0.15, -0.1) is 6.10 Å². The Morgan fingerprint density at radius 2 is 0.920 bits per heavy atom. The van der Waals surface area contributed by atoms with E-state index in [1.807, 2.05) is 60.7 Å². The van der Waals surface area contributed by atoms with Crippen LogP contribution in [-0.4, -0.2) is 31.1 Å². The van der Waals surface area contributed by atoms with Crippen LogP contribution < -0.4 is 20.0 Å². The van der Waals surface area contributed by atoms with Gasteiger partial charge in [0.05, 0.1) is 0 Å². The second kappa shape index (κ2) is 15.2. The molecule has 1 aliphatic carbocycles. The molecule has 1 saturated carbocycles. The van der Waals surface area contributed by atoms with Crippen molar-refractivity contribution in [3.05, 3.63) is 131 Å². The van der Waals surface area contributed by atoms with Gasteiger partial charge >= 0.3 is 0 Å². The Balaban J connectivity index is 1.25. The molecule has 0 N–H and O–H groups in total. The highest BCUT2D eigenvalue weighted by atomic mass is 16.3. The summed E-state index contributed by atoms with van der Waals surface area (Å²) in [6, 6.07) is 33.0. The van der Waals surface area contributed by atoms with Gasteiger partial charge in [0.2, 0.25) is 0 Å². The SMILES string of the molecule is CCCCCCN1c2ccccc2C(=CC2C(=O)C([O-])C(C=C3c4ccccc4N(CCCCCC)c4ccccc43)C2[O-])c2ccccc21. The van der Waals surface area contributed by atoms with Crippen LogP contribution >= 0.6 is 0 Å². The average Bonchev–Trinajstić information content (AvgIpc) is 3.35. The molecule has 0 saturated heterocycles. The normalized spacial score (nSPS) is 20.7. The number of unbranched alkanes of at least 4 members (excludes halogenated alkanes) is 6. The lowest BCUT2D eigenvalue weighted by Crippen LogP contribution is -2.40. The molecule has 4 atom stereocenters. The minimum Gasteiger partial charge on any atom is -0.851 e. The van der Waals surface area contributed by atoms with Crippen LogP contribution in [0.4, 0.5) is 22.7 Å². The summed E-state index contributed by atoms with van der Waals surface area (Å²) in [5, 5.41) is 28.3. The van der Waals surface area contributed by atoms with E-state index in [-0.39, 0.29) is 0 Å². The molecule has 4 aromatic rings. The Bertz CT molecular complexity index is 1790. The largest absolute Gasteiger partial charge is 0.851 e. The minimum absolute atomic E-state index is 0.508. The number of anilines is 4. The third-order valence-electron chi connectivity index (χ3n) is 10.8. The van der Waals surface area contributed by atoms with Crippen molar-refractivity contribution in [3.8, 4) is 0 Å². The molecule has 0 bridgehead atoms. The van der Waals surface area contributed by atoms with Gasteiger partial charge in [0.1, 0.15) is 5.78 Å². The van der Waals surface area contributed by atoms with Gasteiger partial charge in [-0.2, -0.15) is 0 Å². The predicted molar refractivity (Wildman–Crippen MR) is 202 cm³/mol. The van der Waals surface area contributed by atoms with Gasteiger partial charge in [0.15, 0.2) is 0 Å². The lowest BCUT2D eigenvalue weighted by molar-refractivity contribution is -0.458. The summed E-state index contributed by atoms with van der Waals surface area (Å²) in [4.78, 5) is 18.6. The van der Waals surface area contributed by atoms with Crippen molar-refractivity contribution in [1.82, 2.24) is 0 Å². The van der Waals surface area contributed by atoms with E-state index in [4.69, 9.17) is 0 Å². The van der Waals surface area contributed by atoms with Crippen molar-refractivity contribution in [2.24, 2.45) is 11.8 Å². The number of nitrogens with zero attached hydrogens (tertiary/aromatic N) is 2. The van der Waals surface area contributed by atoms with Gasteiger partial charge in [-0.05, 0) is 54.2 Å². The first-order valence-electron chi connectivity index (χ1n) is 18.7. The third-order valence-corrected chi connectivity index (χ3v) is 10.8. The lowest BCUT2D eigenvalue weighted by Gasteiger charge is -2.37. The molecule has 2 aliphatic heterocycles. The minimum atomic E-state index is -1.62. The van der Waals surface area contributed by atoms with Crippen molar-refractivity contribution < 1.29 is 15.0 Å². The van der Waals surface area contributed by atoms with Crippen molar-refractivity contribution in [3.63, 3.8) is 0 Å². The molecular formula is C45H48N2O3-2. The highest BCUT2D eigenvalue weighted by Crippen LogP contribution is 2.48. The molecule has 0 radical (unpaired) electrons. The molecule has 50 heavy (non-hydrogen) atoms. The lowest BCUT2D eigenvalue weighted by atomic mass is 9.85. The van der Waals surface area contributed by atoms with Gasteiger partial charge in [0, 0.05) is 64.0 Å². The number of carbonyl (C=O) groups excluding carboxylic acids is 1. The molecule has 0 amide bonds. The number of benzene rings is 4. The smallest absolute Gasteiger partial charge is 0.125 e. The van der Waals surface area contributed by atoms with Gasteiger partial charge in [-0.3, -0.25) is 0 Å². The number of hydrogen-bond acceptors (Lipinski definition) is 5. The maximum atomic E-state index is 14.4. The first-order valence-corrected chi connectivity index (χ1v) is 18.7. The topological polar surface area (TPSA) is 69.7 Å². The zero-order chi connectivity index (χ0) is 34.6. The van der Waals surface area contributed by atoms with Crippen molar-refractivity contribution in [1.29, 1.82) is 0 Å². The number of rotatable bonds is 12. The predicted octanol–water partition coefficient (Wildman–Crippen LogP) is 8.59. The maximum Gasteiger partial charge on any atom is 0.125 e. The number of carbonyl (C=O) groups is 1. The van der Waals surface area contributed by atoms with Crippen LogP contribution in [0.15, 0.2) is 109 Å². The van der Waals surface area contributed by atoms with E-state index in [0.717, 1.165) is 82.1 Å². The van der Waals surface area contributed by atoms with E-state index in [9.17, 15) is 15.0 Å². The molecule has 4 aromatic carbocycles. The van der Waals surface area contributed by atoms with Crippen LogP contribution in [0.1, 0.15) is 87.5 Å². The summed E-state index contributed by atoms with van der Waals surface area (Å²) < 4.78 is 0. The summed E-state index contributed by atoms with van der Waals surface area (Å²) in [6.07, 6.45) is 9.94. The van der Waals surface area contributed by atoms with Crippen molar-refractivity contribution >= 4 is 39.7 Å². The van der Waals surface area contributed by atoms with E-state index >= 15 is 0 Å². The van der Waals surface area contributed by atoms with Gasteiger partial charge < -0.3 is 24.8 Å². The molecule has 0 spiro atoms. The van der Waals surface area contributed by atoms with E-state index in [0.29, 0.717) is 0 Å². The fourth-order valence-corrected chi connectivity index (χ4v) is 8.22. The summed E-state index contributed by atoms with van der Waals surface area (Å²) in [5.74, 6) is -2.50. The molecule has 4 unspecified atom stereocenters. The summed E-state index contributed by atoms with van der Waals surface area (Å²) in [5.41, 5.74) is 10.1. The Morgan fingerprint density at radius 3 is 1.32 bits per heavy atom. The zero-order valence-electron chi connectivity index (χ0n) is 29.4. The summed E-state index contributed by atoms with van der Waals surface area (Å²) >= 11 is 0. The second-order valence-corrected chi connectivity index (χ2v) is 14.0. The molecule has 5 nitrogen and oxygen atoms in total. The number of para-hydroxylation sites is 4. The van der Waals surface area contributed by atoms with Crippen LogP contribution in [0.5, 0.6) is 0 Å². The Labute approximate surface area is 297 Å². The second-order valence-electron chi connectivity index (χ2n) is 14.0. The van der Waals surface area contributed by atoms with Crippen LogP contribution in [0.2, 0.25) is 0 Å². The molecule has 2 heterocycles. The van der Waals surface area contributed by atoms with Gasteiger partial charge in [-0.1, -0.05) is 143 Å². The standard InChI is InChI=1S/C45H48N2O3/c1-3-5-7-17-27-46-39-23-13-9-19-31(39)35(32-20-10-14-24-40(32)46)29-37-43(48)38(45(50)44(37)49)30-36-33-21-11-15-25-41(33)47(28-18-8-6-4-2)42-26-16-12-22-34(36)42/h9-16,19-26,29-30,37-38,43-44H,3-8,17-18,27-28H2,1-2H3/q-2. The van der Waals surface area contributed by atoms with Crippen LogP contribution in [-0.2, 0) is 4.79 Å².